The molecule has 1 N–H and O–H groups in total. The number of rotatable bonds is 5. The summed E-state index contributed by atoms with van der Waals surface area (Å²) >= 11 is 3.51. The first-order valence-corrected chi connectivity index (χ1v) is 9.05. The van der Waals surface area contributed by atoms with Crippen molar-refractivity contribution in [3.8, 4) is 6.07 Å². The number of anilines is 1. The maximum atomic E-state index is 9.75. The minimum Gasteiger partial charge on any atom is -0.372 e. The fraction of sp³-hybridized carbons (Fsp3) is 0.200. The van der Waals surface area contributed by atoms with Gasteiger partial charge in [0.2, 0.25) is 0 Å². The van der Waals surface area contributed by atoms with Crippen LogP contribution in [0.25, 0.3) is 22.6 Å². The Morgan fingerprint density at radius 3 is 2.84 bits per heavy atom. The van der Waals surface area contributed by atoms with Gasteiger partial charge in [0.15, 0.2) is 0 Å². The Kier molecular flexibility index (Phi) is 5.20. The summed E-state index contributed by atoms with van der Waals surface area (Å²) in [6.45, 7) is 6.06. The van der Waals surface area contributed by atoms with E-state index in [9.17, 15) is 5.26 Å². The van der Waals surface area contributed by atoms with Crippen LogP contribution in [0.4, 0.5) is 5.69 Å². The van der Waals surface area contributed by atoms with E-state index < -0.39 is 0 Å². The van der Waals surface area contributed by atoms with Gasteiger partial charge in [0.25, 0.3) is 0 Å². The molecule has 2 aromatic heterocycles. The molecule has 0 spiro atoms. The number of H-pyrrole nitrogens is 1. The molecule has 0 atom stereocenters. The second-order valence-electron chi connectivity index (χ2n) is 5.67. The molecule has 1 aromatic carbocycles. The highest BCUT2D eigenvalue weighted by Gasteiger charge is 2.12. The second kappa shape index (κ2) is 7.54. The number of nitriles is 1. The summed E-state index contributed by atoms with van der Waals surface area (Å²) in [7, 11) is 0. The first kappa shape index (κ1) is 17.2. The van der Waals surface area contributed by atoms with E-state index in [4.69, 9.17) is 0 Å². The minimum absolute atomic E-state index is 0.616. The van der Waals surface area contributed by atoms with Crippen molar-refractivity contribution in [2.45, 2.75) is 13.8 Å². The molecular formula is C20H19BrN4. The molecule has 126 valence electrons. The van der Waals surface area contributed by atoms with Gasteiger partial charge in [0.05, 0.1) is 11.6 Å². The Bertz CT molecular complexity index is 961. The van der Waals surface area contributed by atoms with Crippen LogP contribution in [0.1, 0.15) is 25.0 Å². The summed E-state index contributed by atoms with van der Waals surface area (Å²) in [5, 5.41) is 10.8. The standard InChI is InChI=1S/C20H19BrN4/c1-3-25(4-2)20-7-8-23-12-15(20)9-14(11-22)18-13-24-19-6-5-16(21)10-17(18)19/h5-10,12-13,24H,3-4H2,1-2H3/b14-9+. The summed E-state index contributed by atoms with van der Waals surface area (Å²) < 4.78 is 0.989. The van der Waals surface area contributed by atoms with Crippen molar-refractivity contribution in [3.63, 3.8) is 0 Å². The minimum atomic E-state index is 0.616. The van der Waals surface area contributed by atoms with Crippen molar-refractivity contribution in [1.29, 1.82) is 5.26 Å². The molecule has 2 heterocycles. The molecule has 0 aliphatic heterocycles. The fourth-order valence-corrected chi connectivity index (χ4v) is 3.37. The number of nitrogens with zero attached hydrogens (tertiary/aromatic N) is 3. The van der Waals surface area contributed by atoms with Crippen LogP contribution in [0.5, 0.6) is 0 Å². The molecule has 0 saturated heterocycles. The van der Waals surface area contributed by atoms with Gasteiger partial charge in [-0.3, -0.25) is 4.98 Å². The molecule has 0 unspecified atom stereocenters. The number of halogens is 1. The number of nitrogens with one attached hydrogen (secondary N) is 1. The van der Waals surface area contributed by atoms with Crippen LogP contribution in [0.3, 0.4) is 0 Å². The second-order valence-corrected chi connectivity index (χ2v) is 6.58. The smallest absolute Gasteiger partial charge is 0.0999 e. The monoisotopic (exact) mass is 394 g/mol. The number of fused-ring (bicyclic) bond motifs is 1. The quantitative estimate of drug-likeness (QED) is 0.602. The SMILES string of the molecule is CCN(CC)c1ccncc1/C=C(\C#N)c1c[nH]c2ccc(Br)cc12. The summed E-state index contributed by atoms with van der Waals surface area (Å²) in [5.41, 5.74) is 4.56. The molecule has 0 aliphatic carbocycles. The predicted octanol–water partition coefficient (Wildman–Crippen LogP) is 5.24. The summed E-state index contributed by atoms with van der Waals surface area (Å²) in [6.07, 6.45) is 7.42. The number of hydrogen-bond acceptors (Lipinski definition) is 3. The van der Waals surface area contributed by atoms with Gasteiger partial charge in [-0.2, -0.15) is 5.26 Å². The summed E-state index contributed by atoms with van der Waals surface area (Å²) in [4.78, 5) is 9.74. The molecule has 0 fully saturated rings. The molecule has 0 radical (unpaired) electrons. The average molecular weight is 395 g/mol. The Hall–Kier alpha value is -2.58. The van der Waals surface area contributed by atoms with Crippen molar-refractivity contribution in [3.05, 3.63) is 58.5 Å². The Labute approximate surface area is 155 Å². The predicted molar refractivity (Wildman–Crippen MR) is 107 cm³/mol. The Morgan fingerprint density at radius 2 is 2.12 bits per heavy atom. The Balaban J connectivity index is 2.13. The average Bonchev–Trinajstić information content (AvgIpc) is 3.04. The molecule has 0 saturated carbocycles. The number of hydrogen-bond donors (Lipinski definition) is 1. The molecular weight excluding hydrogens is 376 g/mol. The van der Waals surface area contributed by atoms with Gasteiger partial charge in [0, 0.05) is 63.9 Å². The number of aromatic amines is 1. The highest BCUT2D eigenvalue weighted by molar-refractivity contribution is 9.10. The van der Waals surface area contributed by atoms with Crippen molar-refractivity contribution in [2.75, 3.05) is 18.0 Å². The van der Waals surface area contributed by atoms with E-state index in [0.717, 1.165) is 45.3 Å². The zero-order valence-corrected chi connectivity index (χ0v) is 15.8. The van der Waals surface area contributed by atoms with E-state index >= 15 is 0 Å². The normalized spacial score (nSPS) is 11.5. The topological polar surface area (TPSA) is 55.7 Å². The van der Waals surface area contributed by atoms with Crippen LogP contribution < -0.4 is 4.90 Å². The number of allylic oxidation sites excluding steroid dienone is 1. The van der Waals surface area contributed by atoms with E-state index in [-0.39, 0.29) is 0 Å². The van der Waals surface area contributed by atoms with Crippen molar-refractivity contribution in [2.24, 2.45) is 0 Å². The van der Waals surface area contributed by atoms with Crippen LogP contribution >= 0.6 is 15.9 Å². The third-order valence-corrected chi connectivity index (χ3v) is 4.78. The van der Waals surface area contributed by atoms with Gasteiger partial charge in [-0.05, 0) is 44.2 Å². The van der Waals surface area contributed by atoms with Crippen LogP contribution in [0, 0.1) is 11.3 Å². The van der Waals surface area contributed by atoms with Crippen LogP contribution in [0.15, 0.2) is 47.3 Å². The van der Waals surface area contributed by atoms with E-state index in [1.165, 1.54) is 0 Å². The molecule has 0 aliphatic rings. The van der Waals surface area contributed by atoms with Crippen molar-refractivity contribution < 1.29 is 0 Å². The third kappa shape index (κ3) is 3.45. The fourth-order valence-electron chi connectivity index (χ4n) is 3.00. The van der Waals surface area contributed by atoms with Gasteiger partial charge in [0.1, 0.15) is 0 Å². The molecule has 25 heavy (non-hydrogen) atoms. The van der Waals surface area contributed by atoms with E-state index in [2.05, 4.69) is 50.7 Å². The molecule has 0 bridgehead atoms. The third-order valence-electron chi connectivity index (χ3n) is 4.29. The lowest BCUT2D eigenvalue weighted by Gasteiger charge is -2.22. The first-order valence-electron chi connectivity index (χ1n) is 8.25. The lowest BCUT2D eigenvalue weighted by Crippen LogP contribution is -2.22. The van der Waals surface area contributed by atoms with Gasteiger partial charge in [-0.15, -0.1) is 0 Å². The van der Waals surface area contributed by atoms with Crippen LogP contribution in [-0.2, 0) is 0 Å². The number of aromatic nitrogens is 2. The van der Waals surface area contributed by atoms with Gasteiger partial charge >= 0.3 is 0 Å². The zero-order chi connectivity index (χ0) is 17.8. The maximum absolute atomic E-state index is 9.75. The number of pyridine rings is 1. The molecule has 0 amide bonds. The van der Waals surface area contributed by atoms with Gasteiger partial charge in [-0.1, -0.05) is 15.9 Å². The van der Waals surface area contributed by atoms with Crippen LogP contribution in [-0.4, -0.2) is 23.1 Å². The lowest BCUT2D eigenvalue weighted by atomic mass is 10.0. The number of benzene rings is 1. The van der Waals surface area contributed by atoms with Gasteiger partial charge < -0.3 is 9.88 Å². The van der Waals surface area contributed by atoms with Crippen molar-refractivity contribution >= 4 is 44.2 Å². The highest BCUT2D eigenvalue weighted by atomic mass is 79.9. The van der Waals surface area contributed by atoms with E-state index in [1.807, 2.05) is 42.7 Å². The van der Waals surface area contributed by atoms with E-state index in [0.29, 0.717) is 5.57 Å². The lowest BCUT2D eigenvalue weighted by molar-refractivity contribution is 0.863. The van der Waals surface area contributed by atoms with Crippen molar-refractivity contribution in [1.82, 2.24) is 9.97 Å². The molecule has 3 rings (SSSR count). The summed E-state index contributed by atoms with van der Waals surface area (Å²) in [5.74, 6) is 0. The largest absolute Gasteiger partial charge is 0.372 e. The Morgan fingerprint density at radius 1 is 1.32 bits per heavy atom. The van der Waals surface area contributed by atoms with Gasteiger partial charge in [-0.25, -0.2) is 0 Å². The highest BCUT2D eigenvalue weighted by Crippen LogP contribution is 2.30. The molecule has 5 heteroatoms. The maximum Gasteiger partial charge on any atom is 0.0999 e. The van der Waals surface area contributed by atoms with E-state index in [1.54, 1.807) is 6.20 Å². The molecule has 3 aromatic rings. The first-order chi connectivity index (χ1) is 12.2. The molecule has 4 nitrogen and oxygen atoms in total. The zero-order valence-electron chi connectivity index (χ0n) is 14.3. The van der Waals surface area contributed by atoms with Crippen LogP contribution in [0.2, 0.25) is 0 Å². The summed E-state index contributed by atoms with van der Waals surface area (Å²) in [6, 6.07) is 10.4.